The number of nitrogens with one attached hydrogen (secondary N) is 1. The van der Waals surface area contributed by atoms with Gasteiger partial charge in [-0.1, -0.05) is 0 Å². The smallest absolute Gasteiger partial charge is 0.287 e. The standard InChI is InChI=1S/C9H10BrNO3/c10-7-2-1-6(14-7)8(13)11-9(5-12)3-4-9/h1-2,12H,3-5H2,(H,11,13). The number of aliphatic hydroxyl groups excluding tert-OH is 1. The Morgan fingerprint density at radius 3 is 2.79 bits per heavy atom. The SMILES string of the molecule is O=C(NC1(CO)CC1)c1ccc(Br)o1. The van der Waals surface area contributed by atoms with Crippen LogP contribution >= 0.6 is 15.9 Å². The summed E-state index contributed by atoms with van der Waals surface area (Å²) in [4.78, 5) is 11.5. The van der Waals surface area contributed by atoms with E-state index < -0.39 is 5.54 Å². The van der Waals surface area contributed by atoms with Crippen molar-refractivity contribution in [1.29, 1.82) is 0 Å². The summed E-state index contributed by atoms with van der Waals surface area (Å²) in [7, 11) is 0. The highest BCUT2D eigenvalue weighted by molar-refractivity contribution is 9.10. The molecule has 2 N–H and O–H groups in total. The molecule has 0 spiro atoms. The molecule has 76 valence electrons. The highest BCUT2D eigenvalue weighted by atomic mass is 79.9. The first-order valence-electron chi connectivity index (χ1n) is 4.34. The molecule has 0 saturated heterocycles. The van der Waals surface area contributed by atoms with E-state index in [2.05, 4.69) is 21.2 Å². The fourth-order valence-electron chi connectivity index (χ4n) is 1.21. The number of hydrogen-bond acceptors (Lipinski definition) is 3. The lowest BCUT2D eigenvalue weighted by atomic mass is 10.3. The third-order valence-corrected chi connectivity index (χ3v) is 2.76. The maximum atomic E-state index is 11.5. The van der Waals surface area contributed by atoms with Crippen LogP contribution in [0.5, 0.6) is 0 Å². The summed E-state index contributed by atoms with van der Waals surface area (Å²) < 4.78 is 5.61. The Morgan fingerprint density at radius 2 is 2.36 bits per heavy atom. The van der Waals surface area contributed by atoms with Gasteiger partial charge in [0.25, 0.3) is 5.91 Å². The molecule has 1 aromatic rings. The Hall–Kier alpha value is -0.810. The van der Waals surface area contributed by atoms with Crippen LogP contribution in [0.1, 0.15) is 23.4 Å². The van der Waals surface area contributed by atoms with Crippen molar-refractivity contribution in [3.8, 4) is 0 Å². The van der Waals surface area contributed by atoms with E-state index in [1.807, 2.05) is 0 Å². The minimum absolute atomic E-state index is 0.0133. The molecule has 1 fully saturated rings. The predicted octanol–water partition coefficient (Wildman–Crippen LogP) is 1.30. The van der Waals surface area contributed by atoms with Gasteiger partial charge in [-0.25, -0.2) is 0 Å². The van der Waals surface area contributed by atoms with Gasteiger partial charge in [0.1, 0.15) is 0 Å². The summed E-state index contributed by atoms with van der Waals surface area (Å²) in [6.45, 7) is -0.0133. The lowest BCUT2D eigenvalue weighted by Crippen LogP contribution is -2.39. The fourth-order valence-corrected chi connectivity index (χ4v) is 1.52. The summed E-state index contributed by atoms with van der Waals surface area (Å²) in [6.07, 6.45) is 1.66. The number of hydrogen-bond donors (Lipinski definition) is 2. The van der Waals surface area contributed by atoms with E-state index in [-0.39, 0.29) is 18.3 Å². The molecular formula is C9H10BrNO3. The predicted molar refractivity (Wildman–Crippen MR) is 52.9 cm³/mol. The van der Waals surface area contributed by atoms with E-state index >= 15 is 0 Å². The van der Waals surface area contributed by atoms with Crippen LogP contribution in [-0.4, -0.2) is 23.2 Å². The molecule has 1 amide bonds. The van der Waals surface area contributed by atoms with Gasteiger partial charge in [-0.15, -0.1) is 0 Å². The number of rotatable bonds is 3. The first kappa shape index (κ1) is 9.73. The average molecular weight is 260 g/mol. The fraction of sp³-hybridized carbons (Fsp3) is 0.444. The highest BCUT2D eigenvalue weighted by Gasteiger charge is 2.43. The van der Waals surface area contributed by atoms with Crippen LogP contribution in [0.2, 0.25) is 0 Å². The van der Waals surface area contributed by atoms with Crippen molar-refractivity contribution in [1.82, 2.24) is 5.32 Å². The zero-order valence-corrected chi connectivity index (χ0v) is 9.00. The average Bonchev–Trinajstić information content (AvgIpc) is 2.80. The number of aliphatic hydroxyl groups is 1. The second-order valence-electron chi connectivity index (χ2n) is 3.50. The highest BCUT2D eigenvalue weighted by Crippen LogP contribution is 2.34. The second kappa shape index (κ2) is 3.40. The molecule has 14 heavy (non-hydrogen) atoms. The molecule has 0 atom stereocenters. The summed E-state index contributed by atoms with van der Waals surface area (Å²) >= 11 is 3.12. The van der Waals surface area contributed by atoms with E-state index in [1.165, 1.54) is 0 Å². The molecule has 5 heteroatoms. The molecule has 1 aromatic heterocycles. The summed E-state index contributed by atoms with van der Waals surface area (Å²) in [5.41, 5.74) is -0.393. The topological polar surface area (TPSA) is 62.5 Å². The molecule has 1 heterocycles. The molecule has 0 radical (unpaired) electrons. The van der Waals surface area contributed by atoms with E-state index in [1.54, 1.807) is 12.1 Å². The van der Waals surface area contributed by atoms with Gasteiger partial charge < -0.3 is 14.8 Å². The number of carbonyl (C=O) groups excluding carboxylic acids is 1. The second-order valence-corrected chi connectivity index (χ2v) is 4.28. The molecule has 0 bridgehead atoms. The molecule has 1 saturated carbocycles. The first-order chi connectivity index (χ1) is 6.65. The van der Waals surface area contributed by atoms with Crippen LogP contribution in [0.4, 0.5) is 0 Å². The van der Waals surface area contributed by atoms with Crippen molar-refractivity contribution >= 4 is 21.8 Å². The van der Waals surface area contributed by atoms with Crippen LogP contribution < -0.4 is 5.32 Å². The van der Waals surface area contributed by atoms with E-state index in [9.17, 15) is 4.79 Å². The molecule has 2 rings (SSSR count). The maximum absolute atomic E-state index is 11.5. The van der Waals surface area contributed by atoms with Gasteiger partial charge in [-0.2, -0.15) is 0 Å². The summed E-state index contributed by atoms with van der Waals surface area (Å²) in [6, 6.07) is 3.25. The summed E-state index contributed by atoms with van der Waals surface area (Å²) in [5, 5.41) is 11.7. The molecular weight excluding hydrogens is 250 g/mol. The number of halogens is 1. The first-order valence-corrected chi connectivity index (χ1v) is 5.13. The van der Waals surface area contributed by atoms with E-state index in [0.717, 1.165) is 12.8 Å². The van der Waals surface area contributed by atoms with E-state index in [0.29, 0.717) is 4.67 Å². The molecule has 4 nitrogen and oxygen atoms in total. The van der Waals surface area contributed by atoms with Crippen molar-refractivity contribution in [3.05, 3.63) is 22.6 Å². The van der Waals surface area contributed by atoms with Crippen molar-refractivity contribution in [3.63, 3.8) is 0 Å². The molecule has 1 aliphatic carbocycles. The monoisotopic (exact) mass is 259 g/mol. The van der Waals surface area contributed by atoms with Crippen LogP contribution in [0.25, 0.3) is 0 Å². The molecule has 0 aromatic carbocycles. The van der Waals surface area contributed by atoms with Gasteiger partial charge in [0, 0.05) is 0 Å². The van der Waals surface area contributed by atoms with Crippen molar-refractivity contribution in [2.45, 2.75) is 18.4 Å². The largest absolute Gasteiger partial charge is 0.444 e. The van der Waals surface area contributed by atoms with Gasteiger partial charge in [0.15, 0.2) is 10.4 Å². The Bertz CT molecular complexity index is 357. The Morgan fingerprint density at radius 1 is 1.64 bits per heavy atom. The van der Waals surface area contributed by atoms with Crippen molar-refractivity contribution in [2.75, 3.05) is 6.61 Å². The Kier molecular flexibility index (Phi) is 2.36. The zero-order chi connectivity index (χ0) is 10.2. The van der Waals surface area contributed by atoms with Gasteiger partial charge in [-0.05, 0) is 40.9 Å². The van der Waals surface area contributed by atoms with Gasteiger partial charge in [0.2, 0.25) is 0 Å². The van der Waals surface area contributed by atoms with Crippen molar-refractivity contribution in [2.24, 2.45) is 0 Å². The minimum Gasteiger partial charge on any atom is -0.444 e. The van der Waals surface area contributed by atoms with Crippen LogP contribution in [0.15, 0.2) is 21.2 Å². The maximum Gasteiger partial charge on any atom is 0.287 e. The Balaban J connectivity index is 2.03. The molecule has 1 aliphatic rings. The number of furan rings is 1. The van der Waals surface area contributed by atoms with Crippen molar-refractivity contribution < 1.29 is 14.3 Å². The minimum atomic E-state index is -0.393. The lowest BCUT2D eigenvalue weighted by Gasteiger charge is -2.12. The van der Waals surface area contributed by atoms with Gasteiger partial charge in [-0.3, -0.25) is 4.79 Å². The van der Waals surface area contributed by atoms with Gasteiger partial charge in [0.05, 0.1) is 12.1 Å². The van der Waals surface area contributed by atoms with Crippen LogP contribution in [0.3, 0.4) is 0 Å². The quantitative estimate of drug-likeness (QED) is 0.860. The third kappa shape index (κ3) is 1.83. The lowest BCUT2D eigenvalue weighted by molar-refractivity contribution is 0.0877. The van der Waals surface area contributed by atoms with E-state index in [4.69, 9.17) is 9.52 Å². The third-order valence-electron chi connectivity index (χ3n) is 2.33. The van der Waals surface area contributed by atoms with Gasteiger partial charge >= 0.3 is 0 Å². The number of amides is 1. The summed E-state index contributed by atoms with van der Waals surface area (Å²) in [5.74, 6) is -0.0150. The van der Waals surface area contributed by atoms with Crippen LogP contribution in [0, 0.1) is 0 Å². The normalized spacial score (nSPS) is 17.9. The molecule has 0 aliphatic heterocycles. The van der Waals surface area contributed by atoms with Crippen LogP contribution in [-0.2, 0) is 0 Å². The molecule has 0 unspecified atom stereocenters. The Labute approximate surface area is 89.4 Å². The zero-order valence-electron chi connectivity index (χ0n) is 7.42. The number of carbonyl (C=O) groups is 1.